The molecule has 0 bridgehead atoms. The van der Waals surface area contributed by atoms with Gasteiger partial charge in [-0.2, -0.15) is 0 Å². The third kappa shape index (κ3) is 1.56. The number of hydrogen-bond donors (Lipinski definition) is 2. The summed E-state index contributed by atoms with van der Waals surface area (Å²) >= 11 is 0. The van der Waals surface area contributed by atoms with Gasteiger partial charge >= 0.3 is 5.97 Å². The fourth-order valence-electron chi connectivity index (χ4n) is 3.84. The van der Waals surface area contributed by atoms with Gasteiger partial charge in [-0.05, 0) is 43.1 Å². The van der Waals surface area contributed by atoms with Gasteiger partial charge in [0, 0.05) is 5.92 Å². The minimum absolute atomic E-state index is 0.147. The smallest absolute Gasteiger partial charge is 0.303 e. The van der Waals surface area contributed by atoms with Crippen molar-refractivity contribution < 1.29 is 9.90 Å². The predicted molar refractivity (Wildman–Crippen MR) is 65.3 cm³/mol. The highest BCUT2D eigenvalue weighted by Gasteiger charge is 2.55. The second-order valence-electron chi connectivity index (χ2n) is 5.84. The number of carboxylic acid groups (broad SMARTS) is 1. The molecular weight excluding hydrogens is 214 g/mol. The van der Waals surface area contributed by atoms with E-state index in [1.807, 2.05) is 0 Å². The van der Waals surface area contributed by atoms with E-state index >= 15 is 0 Å². The molecule has 3 heteroatoms. The van der Waals surface area contributed by atoms with Crippen molar-refractivity contribution in [3.05, 3.63) is 23.8 Å². The van der Waals surface area contributed by atoms with E-state index < -0.39 is 5.97 Å². The molecular formula is C14H19NO2. The Morgan fingerprint density at radius 3 is 2.88 bits per heavy atom. The SMILES string of the molecule is NC[C@]1(CC(=O)O)C[C@H]2CC(C3C=CC3)=C[C@H]21. The normalized spacial score (nSPS) is 42.4. The van der Waals surface area contributed by atoms with Crippen molar-refractivity contribution in [3.8, 4) is 0 Å². The summed E-state index contributed by atoms with van der Waals surface area (Å²) in [6.07, 6.45) is 10.4. The molecule has 0 amide bonds. The van der Waals surface area contributed by atoms with Crippen molar-refractivity contribution in [2.75, 3.05) is 6.54 Å². The summed E-state index contributed by atoms with van der Waals surface area (Å²) in [6.45, 7) is 0.505. The zero-order valence-electron chi connectivity index (χ0n) is 9.93. The van der Waals surface area contributed by atoms with Gasteiger partial charge in [-0.3, -0.25) is 4.79 Å². The first-order valence-electron chi connectivity index (χ1n) is 6.44. The highest BCUT2D eigenvalue weighted by Crippen LogP contribution is 2.60. The summed E-state index contributed by atoms with van der Waals surface area (Å²) in [4.78, 5) is 11.0. The van der Waals surface area contributed by atoms with Crippen molar-refractivity contribution in [2.24, 2.45) is 28.9 Å². The number of rotatable bonds is 4. The molecule has 92 valence electrons. The minimum atomic E-state index is -0.709. The van der Waals surface area contributed by atoms with Crippen LogP contribution >= 0.6 is 0 Å². The van der Waals surface area contributed by atoms with Crippen molar-refractivity contribution in [3.63, 3.8) is 0 Å². The third-order valence-corrected chi connectivity index (χ3v) is 4.92. The average molecular weight is 233 g/mol. The molecule has 0 aromatic rings. The van der Waals surface area contributed by atoms with E-state index in [2.05, 4.69) is 18.2 Å². The maximum absolute atomic E-state index is 11.0. The molecule has 17 heavy (non-hydrogen) atoms. The Hall–Kier alpha value is -1.09. The number of nitrogens with two attached hydrogens (primary N) is 1. The molecule has 0 radical (unpaired) electrons. The van der Waals surface area contributed by atoms with E-state index in [0.717, 1.165) is 6.42 Å². The van der Waals surface area contributed by atoms with Gasteiger partial charge in [-0.15, -0.1) is 0 Å². The Morgan fingerprint density at radius 2 is 2.35 bits per heavy atom. The van der Waals surface area contributed by atoms with Gasteiger partial charge in [0.25, 0.3) is 0 Å². The van der Waals surface area contributed by atoms with E-state index in [-0.39, 0.29) is 11.8 Å². The van der Waals surface area contributed by atoms with E-state index in [1.165, 1.54) is 18.4 Å². The molecule has 0 heterocycles. The standard InChI is InChI=1S/C14H19NO2/c15-8-14(7-13(16)17)6-11-4-10(5-12(11)14)9-2-1-3-9/h1-2,5,9,11-12H,3-4,6-8,15H2,(H,16,17)/t9?,11-,12-,14-/m1/s1. The number of hydrogen-bond acceptors (Lipinski definition) is 2. The lowest BCUT2D eigenvalue weighted by Gasteiger charge is -2.51. The quantitative estimate of drug-likeness (QED) is 0.729. The van der Waals surface area contributed by atoms with Gasteiger partial charge in [-0.25, -0.2) is 0 Å². The maximum Gasteiger partial charge on any atom is 0.303 e. The molecule has 1 fully saturated rings. The first-order chi connectivity index (χ1) is 8.14. The van der Waals surface area contributed by atoms with Crippen molar-refractivity contribution >= 4 is 5.97 Å². The van der Waals surface area contributed by atoms with Crippen LogP contribution in [-0.2, 0) is 4.79 Å². The topological polar surface area (TPSA) is 63.3 Å². The van der Waals surface area contributed by atoms with E-state index in [9.17, 15) is 4.79 Å². The Balaban J connectivity index is 1.76. The van der Waals surface area contributed by atoms with Crippen LogP contribution in [0.4, 0.5) is 0 Å². The first-order valence-corrected chi connectivity index (χ1v) is 6.44. The van der Waals surface area contributed by atoms with Crippen molar-refractivity contribution in [2.45, 2.75) is 25.7 Å². The van der Waals surface area contributed by atoms with Crippen LogP contribution in [-0.4, -0.2) is 17.6 Å². The maximum atomic E-state index is 11.0. The van der Waals surface area contributed by atoms with Gasteiger partial charge in [0.15, 0.2) is 0 Å². The zero-order valence-corrected chi connectivity index (χ0v) is 9.93. The average Bonchev–Trinajstić information content (AvgIpc) is 2.51. The second kappa shape index (κ2) is 3.70. The van der Waals surface area contributed by atoms with Crippen LogP contribution < -0.4 is 5.73 Å². The fourth-order valence-corrected chi connectivity index (χ4v) is 3.84. The lowest BCUT2D eigenvalue weighted by Crippen LogP contribution is -2.51. The fraction of sp³-hybridized carbons (Fsp3) is 0.643. The number of carbonyl (C=O) groups is 1. The van der Waals surface area contributed by atoms with E-state index in [4.69, 9.17) is 10.8 Å². The highest BCUT2D eigenvalue weighted by atomic mass is 16.4. The summed E-state index contributed by atoms with van der Waals surface area (Å²) in [6, 6.07) is 0. The van der Waals surface area contributed by atoms with Crippen LogP contribution in [0.1, 0.15) is 25.7 Å². The molecule has 4 atom stereocenters. The van der Waals surface area contributed by atoms with Crippen LogP contribution in [0.25, 0.3) is 0 Å². The lowest BCUT2D eigenvalue weighted by molar-refractivity contribution is -0.144. The lowest BCUT2D eigenvalue weighted by atomic mass is 9.53. The summed E-state index contributed by atoms with van der Waals surface area (Å²) in [5.74, 6) is 1.02. The molecule has 0 aromatic carbocycles. The van der Waals surface area contributed by atoms with Gasteiger partial charge < -0.3 is 10.8 Å². The Bertz CT molecular complexity index is 412. The Morgan fingerprint density at radius 1 is 1.59 bits per heavy atom. The van der Waals surface area contributed by atoms with Crippen LogP contribution in [0.3, 0.4) is 0 Å². The van der Waals surface area contributed by atoms with Crippen LogP contribution in [0, 0.1) is 23.2 Å². The summed E-state index contributed by atoms with van der Waals surface area (Å²) < 4.78 is 0. The van der Waals surface area contributed by atoms with Crippen LogP contribution in [0.5, 0.6) is 0 Å². The van der Waals surface area contributed by atoms with E-state index in [0.29, 0.717) is 24.3 Å². The minimum Gasteiger partial charge on any atom is -0.481 e. The number of fused-ring (bicyclic) bond motifs is 1. The predicted octanol–water partition coefficient (Wildman–Crippen LogP) is 1.95. The number of aliphatic carboxylic acids is 1. The summed E-state index contributed by atoms with van der Waals surface area (Å²) in [5, 5.41) is 9.01. The van der Waals surface area contributed by atoms with Crippen molar-refractivity contribution in [1.29, 1.82) is 0 Å². The van der Waals surface area contributed by atoms with Crippen LogP contribution in [0.2, 0.25) is 0 Å². The molecule has 3 rings (SSSR count). The molecule has 0 aromatic heterocycles. The molecule has 0 aliphatic heterocycles. The summed E-state index contributed by atoms with van der Waals surface area (Å²) in [5.41, 5.74) is 7.22. The first kappa shape index (κ1) is 11.0. The Kier molecular flexibility index (Phi) is 2.40. The number of carboxylic acids is 1. The number of allylic oxidation sites excluding steroid dienone is 4. The van der Waals surface area contributed by atoms with Gasteiger partial charge in [0.05, 0.1) is 6.42 Å². The molecule has 0 saturated heterocycles. The third-order valence-electron chi connectivity index (χ3n) is 4.92. The summed E-state index contributed by atoms with van der Waals surface area (Å²) in [7, 11) is 0. The molecule has 3 aliphatic carbocycles. The van der Waals surface area contributed by atoms with Gasteiger partial charge in [-0.1, -0.05) is 23.8 Å². The Labute approximate surface area is 101 Å². The molecule has 3 aliphatic rings. The second-order valence-corrected chi connectivity index (χ2v) is 5.84. The zero-order chi connectivity index (χ0) is 12.0. The van der Waals surface area contributed by atoms with E-state index in [1.54, 1.807) is 0 Å². The molecule has 1 unspecified atom stereocenters. The highest BCUT2D eigenvalue weighted by molar-refractivity contribution is 5.68. The molecule has 3 nitrogen and oxygen atoms in total. The molecule has 1 saturated carbocycles. The van der Waals surface area contributed by atoms with Crippen LogP contribution in [0.15, 0.2) is 23.8 Å². The van der Waals surface area contributed by atoms with Gasteiger partial charge in [0.2, 0.25) is 0 Å². The molecule has 0 spiro atoms. The largest absolute Gasteiger partial charge is 0.481 e. The molecule has 3 N–H and O–H groups in total. The van der Waals surface area contributed by atoms with Gasteiger partial charge in [0.1, 0.15) is 0 Å². The monoisotopic (exact) mass is 233 g/mol. The van der Waals surface area contributed by atoms with Crippen molar-refractivity contribution in [1.82, 2.24) is 0 Å².